The fourth-order valence-electron chi connectivity index (χ4n) is 3.93. The molecule has 0 unspecified atom stereocenters. The second kappa shape index (κ2) is 9.87. The van der Waals surface area contributed by atoms with Crippen LogP contribution in [-0.2, 0) is 11.3 Å². The zero-order valence-electron chi connectivity index (χ0n) is 18.4. The van der Waals surface area contributed by atoms with Crippen molar-refractivity contribution in [1.29, 1.82) is 0 Å². The number of benzene rings is 2. The van der Waals surface area contributed by atoms with E-state index < -0.39 is 0 Å². The first-order chi connectivity index (χ1) is 16.2. The minimum Gasteiger partial charge on any atom is -0.376 e. The highest BCUT2D eigenvalue weighted by atomic mass is 32.1. The molecule has 7 heteroatoms. The molecule has 1 fully saturated rings. The van der Waals surface area contributed by atoms with Crippen molar-refractivity contribution in [3.63, 3.8) is 0 Å². The Kier molecular flexibility index (Phi) is 6.53. The maximum absolute atomic E-state index is 13.0. The lowest BCUT2D eigenvalue weighted by atomic mass is 10.1. The summed E-state index contributed by atoms with van der Waals surface area (Å²) < 4.78 is 8.19. The van der Waals surface area contributed by atoms with E-state index in [1.165, 1.54) is 28.2 Å². The van der Waals surface area contributed by atoms with Gasteiger partial charge in [-0.3, -0.25) is 4.79 Å². The number of anilines is 1. The SMILES string of the molecule is Cc1ccc(-c2c(NC(=O)c3cccs3)sc(=Nc3ccccc3)n2C[C@@H]2CCCO2)cc1. The van der Waals surface area contributed by atoms with Crippen LogP contribution in [0, 0.1) is 6.92 Å². The summed E-state index contributed by atoms with van der Waals surface area (Å²) in [6.45, 7) is 3.57. The summed E-state index contributed by atoms with van der Waals surface area (Å²) in [6.07, 6.45) is 2.24. The summed E-state index contributed by atoms with van der Waals surface area (Å²) in [7, 11) is 0. The minimum absolute atomic E-state index is 0.102. The first-order valence-corrected chi connectivity index (χ1v) is 12.7. The van der Waals surface area contributed by atoms with Gasteiger partial charge in [-0.1, -0.05) is 65.4 Å². The normalized spacial score (nSPS) is 16.3. The van der Waals surface area contributed by atoms with Gasteiger partial charge in [-0.15, -0.1) is 11.3 Å². The molecule has 1 N–H and O–H groups in total. The first-order valence-electron chi connectivity index (χ1n) is 11.0. The van der Waals surface area contributed by atoms with Crippen LogP contribution in [0.1, 0.15) is 28.1 Å². The molecule has 0 radical (unpaired) electrons. The van der Waals surface area contributed by atoms with Gasteiger partial charge in [0.15, 0.2) is 4.80 Å². The van der Waals surface area contributed by atoms with Gasteiger partial charge in [0.05, 0.1) is 28.9 Å². The molecule has 3 heterocycles. The molecule has 0 aliphatic carbocycles. The third-order valence-electron chi connectivity index (χ3n) is 5.60. The maximum atomic E-state index is 13.0. The number of hydrogen-bond acceptors (Lipinski definition) is 5. The fraction of sp³-hybridized carbons (Fsp3) is 0.231. The van der Waals surface area contributed by atoms with Crippen LogP contribution in [0.2, 0.25) is 0 Å². The highest BCUT2D eigenvalue weighted by Crippen LogP contribution is 2.33. The van der Waals surface area contributed by atoms with E-state index in [1.807, 2.05) is 47.8 Å². The number of thiazole rings is 1. The molecule has 168 valence electrons. The molecule has 1 atom stereocenters. The summed E-state index contributed by atoms with van der Waals surface area (Å²) >= 11 is 2.94. The van der Waals surface area contributed by atoms with Crippen LogP contribution in [-0.4, -0.2) is 23.2 Å². The molecule has 5 rings (SSSR count). The van der Waals surface area contributed by atoms with E-state index in [1.54, 1.807) is 0 Å². The molecule has 5 nitrogen and oxygen atoms in total. The Balaban J connectivity index is 1.67. The predicted octanol–water partition coefficient (Wildman–Crippen LogP) is 6.25. The van der Waals surface area contributed by atoms with Crippen molar-refractivity contribution in [2.75, 3.05) is 11.9 Å². The van der Waals surface area contributed by atoms with Crippen molar-refractivity contribution in [3.8, 4) is 11.3 Å². The quantitative estimate of drug-likeness (QED) is 0.358. The number of para-hydroxylation sites is 1. The molecule has 4 aromatic rings. The van der Waals surface area contributed by atoms with Crippen LogP contribution >= 0.6 is 22.7 Å². The monoisotopic (exact) mass is 475 g/mol. The molecular weight excluding hydrogens is 450 g/mol. The van der Waals surface area contributed by atoms with Crippen LogP contribution in [0.5, 0.6) is 0 Å². The van der Waals surface area contributed by atoms with Crippen LogP contribution in [0.15, 0.2) is 77.1 Å². The van der Waals surface area contributed by atoms with E-state index in [-0.39, 0.29) is 12.0 Å². The molecule has 2 aromatic carbocycles. The summed E-state index contributed by atoms with van der Waals surface area (Å²) in [5, 5.41) is 5.88. The molecule has 2 aromatic heterocycles. The Morgan fingerprint density at radius 2 is 1.94 bits per heavy atom. The summed E-state index contributed by atoms with van der Waals surface area (Å²) in [5.41, 5.74) is 4.09. The number of carbonyl (C=O) groups is 1. The molecule has 0 bridgehead atoms. The Hall–Kier alpha value is -3.00. The summed E-state index contributed by atoms with van der Waals surface area (Å²) in [5.74, 6) is -0.102. The van der Waals surface area contributed by atoms with Crippen LogP contribution < -0.4 is 10.1 Å². The maximum Gasteiger partial charge on any atom is 0.266 e. The van der Waals surface area contributed by atoms with Gasteiger partial charge in [0.1, 0.15) is 5.00 Å². The third kappa shape index (κ3) is 5.00. The average molecular weight is 476 g/mol. The average Bonchev–Trinajstić information content (AvgIpc) is 3.59. The lowest BCUT2D eigenvalue weighted by molar-refractivity contribution is 0.0968. The van der Waals surface area contributed by atoms with E-state index >= 15 is 0 Å². The van der Waals surface area contributed by atoms with Crippen molar-refractivity contribution in [3.05, 3.63) is 87.4 Å². The second-order valence-corrected chi connectivity index (χ2v) is 9.98. The van der Waals surface area contributed by atoms with Crippen molar-refractivity contribution < 1.29 is 9.53 Å². The van der Waals surface area contributed by atoms with Gasteiger partial charge in [0.25, 0.3) is 5.91 Å². The molecule has 0 saturated carbocycles. The highest BCUT2D eigenvalue weighted by Gasteiger charge is 2.23. The van der Waals surface area contributed by atoms with Crippen molar-refractivity contribution in [1.82, 2.24) is 4.57 Å². The van der Waals surface area contributed by atoms with Gasteiger partial charge < -0.3 is 14.6 Å². The van der Waals surface area contributed by atoms with E-state index in [0.29, 0.717) is 11.4 Å². The molecule has 1 amide bonds. The lowest BCUT2D eigenvalue weighted by Gasteiger charge is -2.15. The van der Waals surface area contributed by atoms with Crippen LogP contribution in [0.3, 0.4) is 0 Å². The van der Waals surface area contributed by atoms with E-state index in [9.17, 15) is 4.79 Å². The number of rotatable bonds is 6. The third-order valence-corrected chi connectivity index (χ3v) is 7.46. The van der Waals surface area contributed by atoms with E-state index in [0.717, 1.165) is 46.2 Å². The van der Waals surface area contributed by atoms with Crippen LogP contribution in [0.25, 0.3) is 11.3 Å². The molecule has 33 heavy (non-hydrogen) atoms. The van der Waals surface area contributed by atoms with E-state index in [4.69, 9.17) is 9.73 Å². The molecule has 0 spiro atoms. The smallest absolute Gasteiger partial charge is 0.266 e. The number of thiophene rings is 1. The number of hydrogen-bond donors (Lipinski definition) is 1. The second-order valence-electron chi connectivity index (χ2n) is 8.05. The molecule has 1 saturated heterocycles. The number of aryl methyl sites for hydroxylation is 1. The topological polar surface area (TPSA) is 55.6 Å². The standard InChI is InChI=1S/C26H25N3O2S2/c1-18-11-13-19(14-12-18)23-25(28-24(30)22-10-6-16-32-22)33-26(27-20-7-3-2-4-8-20)29(23)17-21-9-5-15-31-21/h2-4,6-8,10-14,16,21H,5,9,15,17H2,1H3,(H,28,30)/t21-/m0/s1. The Bertz CT molecular complexity index is 1280. The number of nitrogens with one attached hydrogen (secondary N) is 1. The van der Waals surface area contributed by atoms with Crippen molar-refractivity contribution in [2.24, 2.45) is 4.99 Å². The van der Waals surface area contributed by atoms with Gasteiger partial charge >= 0.3 is 0 Å². The predicted molar refractivity (Wildman–Crippen MR) is 135 cm³/mol. The largest absolute Gasteiger partial charge is 0.376 e. The Morgan fingerprint density at radius 3 is 2.64 bits per heavy atom. The zero-order chi connectivity index (χ0) is 22.6. The van der Waals surface area contributed by atoms with Crippen LogP contribution in [0.4, 0.5) is 10.7 Å². The summed E-state index contributed by atoms with van der Waals surface area (Å²) in [4.78, 5) is 19.5. The van der Waals surface area contributed by atoms with Gasteiger partial charge in [-0.2, -0.15) is 0 Å². The molecule has 1 aliphatic heterocycles. The number of amides is 1. The fourth-order valence-corrected chi connectivity index (χ4v) is 5.62. The molecule has 1 aliphatic rings. The first kappa shape index (κ1) is 21.8. The zero-order valence-corrected chi connectivity index (χ0v) is 20.0. The lowest BCUT2D eigenvalue weighted by Crippen LogP contribution is -2.24. The van der Waals surface area contributed by atoms with Gasteiger partial charge in [0.2, 0.25) is 0 Å². The van der Waals surface area contributed by atoms with Gasteiger partial charge in [-0.25, -0.2) is 4.99 Å². The van der Waals surface area contributed by atoms with Crippen molar-refractivity contribution >= 4 is 39.3 Å². The number of nitrogens with zero attached hydrogens (tertiary/aromatic N) is 2. The number of ether oxygens (including phenoxy) is 1. The summed E-state index contributed by atoms with van der Waals surface area (Å²) in [6, 6.07) is 22.1. The molecular formula is C26H25N3O2S2. The number of carbonyl (C=O) groups excluding carboxylic acids is 1. The van der Waals surface area contributed by atoms with Crippen molar-refractivity contribution in [2.45, 2.75) is 32.4 Å². The highest BCUT2D eigenvalue weighted by molar-refractivity contribution is 7.14. The van der Waals surface area contributed by atoms with Gasteiger partial charge in [0, 0.05) is 12.2 Å². The Morgan fingerprint density at radius 1 is 1.12 bits per heavy atom. The Labute approximate surface area is 201 Å². The van der Waals surface area contributed by atoms with Gasteiger partial charge in [-0.05, 0) is 43.3 Å². The number of aromatic nitrogens is 1. The minimum atomic E-state index is -0.102. The van der Waals surface area contributed by atoms with E-state index in [2.05, 4.69) is 41.1 Å².